The molecule has 8 heteroatoms. The summed E-state index contributed by atoms with van der Waals surface area (Å²) in [5.41, 5.74) is 5.97. The molecule has 106 valence electrons. The highest BCUT2D eigenvalue weighted by molar-refractivity contribution is 7.99. The number of aromatic amines is 1. The van der Waals surface area contributed by atoms with E-state index in [4.69, 9.17) is 10.9 Å². The number of benzene rings is 1. The minimum absolute atomic E-state index is 0.0141. The molecule has 2 rings (SSSR count). The largest absolute Gasteiger partial charge is 0.409 e. The van der Waals surface area contributed by atoms with Crippen LogP contribution in [0.1, 0.15) is 25.5 Å². The second kappa shape index (κ2) is 5.83. The van der Waals surface area contributed by atoms with Crippen molar-refractivity contribution in [3.63, 3.8) is 0 Å². The molecular weight excluding hydrogens is 278 g/mol. The summed E-state index contributed by atoms with van der Waals surface area (Å²) < 4.78 is 1.55. The number of rotatable bonds is 4. The molecule has 20 heavy (non-hydrogen) atoms. The topological polar surface area (TPSA) is 109 Å². The van der Waals surface area contributed by atoms with E-state index >= 15 is 0 Å². The maximum Gasteiger partial charge on any atom is 0.344 e. The molecule has 2 aromatic rings. The van der Waals surface area contributed by atoms with Crippen molar-refractivity contribution in [2.45, 2.75) is 29.9 Å². The summed E-state index contributed by atoms with van der Waals surface area (Å²) in [7, 11) is 0. The number of nitrogens with zero attached hydrogens (tertiary/aromatic N) is 3. The molecule has 0 radical (unpaired) electrons. The van der Waals surface area contributed by atoms with Crippen LogP contribution in [-0.2, 0) is 0 Å². The predicted molar refractivity (Wildman–Crippen MR) is 76.3 cm³/mol. The Bertz CT molecular complexity index is 689. The van der Waals surface area contributed by atoms with Crippen molar-refractivity contribution in [3.8, 4) is 0 Å². The molecule has 0 aliphatic rings. The molecule has 0 amide bonds. The Morgan fingerprint density at radius 3 is 2.85 bits per heavy atom. The van der Waals surface area contributed by atoms with Gasteiger partial charge >= 0.3 is 5.69 Å². The summed E-state index contributed by atoms with van der Waals surface area (Å²) in [6.07, 6.45) is 0. The van der Waals surface area contributed by atoms with Gasteiger partial charge in [0.2, 0.25) is 0 Å². The van der Waals surface area contributed by atoms with E-state index in [1.165, 1.54) is 11.8 Å². The van der Waals surface area contributed by atoms with Gasteiger partial charge in [-0.2, -0.15) is 0 Å². The van der Waals surface area contributed by atoms with E-state index in [1.54, 1.807) is 16.7 Å². The third kappa shape index (κ3) is 2.69. The highest BCUT2D eigenvalue weighted by Crippen LogP contribution is 2.29. The third-order valence-corrected chi connectivity index (χ3v) is 3.71. The molecule has 4 N–H and O–H groups in total. The number of aromatic nitrogens is 3. The maximum absolute atomic E-state index is 11.7. The fourth-order valence-corrected chi connectivity index (χ4v) is 2.85. The zero-order valence-corrected chi connectivity index (χ0v) is 11.9. The van der Waals surface area contributed by atoms with Crippen LogP contribution in [0.4, 0.5) is 0 Å². The lowest BCUT2D eigenvalue weighted by atomic mass is 10.2. The Balaban J connectivity index is 2.44. The van der Waals surface area contributed by atoms with Crippen molar-refractivity contribution in [1.82, 2.24) is 14.8 Å². The molecule has 0 fully saturated rings. The zero-order valence-electron chi connectivity index (χ0n) is 11.1. The second-order valence-corrected chi connectivity index (χ2v) is 5.37. The first kappa shape index (κ1) is 14.2. The molecular formula is C12H15N5O2S. The van der Waals surface area contributed by atoms with E-state index in [0.29, 0.717) is 10.7 Å². The van der Waals surface area contributed by atoms with Gasteiger partial charge in [-0.3, -0.25) is 4.57 Å². The van der Waals surface area contributed by atoms with Crippen molar-refractivity contribution in [3.05, 3.63) is 40.3 Å². The van der Waals surface area contributed by atoms with Crippen LogP contribution in [0, 0.1) is 0 Å². The number of nitrogens with two attached hydrogens (primary N) is 1. The Kier molecular flexibility index (Phi) is 4.14. The van der Waals surface area contributed by atoms with Gasteiger partial charge in [-0.25, -0.2) is 9.89 Å². The third-order valence-electron chi connectivity index (χ3n) is 2.66. The second-order valence-electron chi connectivity index (χ2n) is 4.36. The van der Waals surface area contributed by atoms with Crippen molar-refractivity contribution in [2.24, 2.45) is 10.9 Å². The van der Waals surface area contributed by atoms with Crippen LogP contribution in [0.3, 0.4) is 0 Å². The van der Waals surface area contributed by atoms with Crippen LogP contribution in [-0.4, -0.2) is 25.8 Å². The molecule has 1 aromatic heterocycles. The van der Waals surface area contributed by atoms with Gasteiger partial charge < -0.3 is 10.9 Å². The quantitative estimate of drug-likeness (QED) is 0.341. The van der Waals surface area contributed by atoms with Gasteiger partial charge in [-0.15, -0.1) is 5.10 Å². The molecule has 0 bridgehead atoms. The standard InChI is InChI=1S/C12H15N5O2S/c1-7(2)17-11(18)14-15-12(17)20-9-6-4-3-5-8(9)10(13)16-19/h3-7,19H,1-2H3,(H2,13,16)(H,14,18). The molecule has 0 saturated heterocycles. The highest BCUT2D eigenvalue weighted by atomic mass is 32.2. The van der Waals surface area contributed by atoms with Gasteiger partial charge in [0.1, 0.15) is 0 Å². The lowest BCUT2D eigenvalue weighted by Gasteiger charge is -2.10. The first-order valence-electron chi connectivity index (χ1n) is 5.96. The van der Waals surface area contributed by atoms with Gasteiger partial charge in [0, 0.05) is 16.5 Å². The summed E-state index contributed by atoms with van der Waals surface area (Å²) in [5, 5.41) is 18.8. The normalized spacial score (nSPS) is 12.1. The lowest BCUT2D eigenvalue weighted by molar-refractivity contribution is 0.318. The summed E-state index contributed by atoms with van der Waals surface area (Å²) in [5.74, 6) is 0.0158. The Labute approximate surface area is 119 Å². The van der Waals surface area contributed by atoms with E-state index in [1.807, 2.05) is 26.0 Å². The summed E-state index contributed by atoms with van der Waals surface area (Å²) in [6.45, 7) is 3.80. The van der Waals surface area contributed by atoms with E-state index < -0.39 is 0 Å². The van der Waals surface area contributed by atoms with Crippen LogP contribution < -0.4 is 11.4 Å². The molecule has 0 aliphatic carbocycles. The summed E-state index contributed by atoms with van der Waals surface area (Å²) in [4.78, 5) is 12.4. The molecule has 7 nitrogen and oxygen atoms in total. The van der Waals surface area contributed by atoms with E-state index in [2.05, 4.69) is 15.4 Å². The average molecular weight is 293 g/mol. The van der Waals surface area contributed by atoms with Crippen LogP contribution in [0.15, 0.2) is 44.3 Å². The first-order chi connectivity index (χ1) is 9.54. The lowest BCUT2D eigenvalue weighted by Crippen LogP contribution is -2.19. The maximum atomic E-state index is 11.7. The molecule has 0 atom stereocenters. The van der Waals surface area contributed by atoms with E-state index in [-0.39, 0.29) is 17.6 Å². The van der Waals surface area contributed by atoms with Gasteiger partial charge in [0.05, 0.1) is 0 Å². The molecule has 1 heterocycles. The number of H-pyrrole nitrogens is 1. The number of amidine groups is 1. The van der Waals surface area contributed by atoms with Crippen LogP contribution in [0.25, 0.3) is 0 Å². The van der Waals surface area contributed by atoms with Gasteiger partial charge in [0.25, 0.3) is 0 Å². The van der Waals surface area contributed by atoms with Crippen LogP contribution in [0.5, 0.6) is 0 Å². The monoisotopic (exact) mass is 293 g/mol. The smallest absolute Gasteiger partial charge is 0.344 e. The minimum atomic E-state index is -0.260. The fraction of sp³-hybridized carbons (Fsp3) is 0.250. The van der Waals surface area contributed by atoms with Crippen LogP contribution in [0.2, 0.25) is 0 Å². The first-order valence-corrected chi connectivity index (χ1v) is 6.78. The Hall–Kier alpha value is -2.22. The van der Waals surface area contributed by atoms with Gasteiger partial charge in [0.15, 0.2) is 11.0 Å². The highest BCUT2D eigenvalue weighted by Gasteiger charge is 2.15. The van der Waals surface area contributed by atoms with Crippen molar-refractivity contribution >= 4 is 17.6 Å². The number of oxime groups is 1. The Morgan fingerprint density at radius 2 is 2.20 bits per heavy atom. The number of hydrogen-bond donors (Lipinski definition) is 3. The predicted octanol–water partition coefficient (Wildman–Crippen LogP) is 1.40. The van der Waals surface area contributed by atoms with Crippen molar-refractivity contribution in [1.29, 1.82) is 0 Å². The summed E-state index contributed by atoms with van der Waals surface area (Å²) >= 11 is 1.28. The average Bonchev–Trinajstić information content (AvgIpc) is 2.79. The SMILES string of the molecule is CC(C)n1c(Sc2ccccc2C(N)=NO)n[nH]c1=O. The number of nitrogens with one attached hydrogen (secondary N) is 1. The molecule has 0 unspecified atom stereocenters. The van der Waals surface area contributed by atoms with Crippen LogP contribution >= 0.6 is 11.8 Å². The molecule has 1 aromatic carbocycles. The molecule has 0 aliphatic heterocycles. The van der Waals surface area contributed by atoms with Gasteiger partial charge in [-0.1, -0.05) is 23.4 Å². The van der Waals surface area contributed by atoms with Crippen molar-refractivity contribution < 1.29 is 5.21 Å². The minimum Gasteiger partial charge on any atom is -0.409 e. The van der Waals surface area contributed by atoms with Gasteiger partial charge in [-0.05, 0) is 31.7 Å². The summed E-state index contributed by atoms with van der Waals surface area (Å²) in [6, 6.07) is 7.17. The van der Waals surface area contributed by atoms with E-state index in [9.17, 15) is 4.79 Å². The number of hydrogen-bond acceptors (Lipinski definition) is 5. The molecule has 0 saturated carbocycles. The zero-order chi connectivity index (χ0) is 14.7. The molecule has 0 spiro atoms. The fourth-order valence-electron chi connectivity index (χ4n) is 1.74. The Morgan fingerprint density at radius 1 is 1.50 bits per heavy atom. The van der Waals surface area contributed by atoms with Crippen molar-refractivity contribution in [2.75, 3.05) is 0 Å². The van der Waals surface area contributed by atoms with E-state index in [0.717, 1.165) is 4.90 Å².